The summed E-state index contributed by atoms with van der Waals surface area (Å²) in [5, 5.41) is 51.3. The van der Waals surface area contributed by atoms with E-state index >= 15 is 0 Å². The number of thioether (sulfide) groups is 2. The largest absolute Gasteiger partial charge is 0.410 e. The van der Waals surface area contributed by atoms with Crippen molar-refractivity contribution in [3.8, 4) is 0 Å². The molecule has 9 heteroatoms. The van der Waals surface area contributed by atoms with Crippen LogP contribution in [0.3, 0.4) is 0 Å². The molecule has 0 aromatic carbocycles. The molecule has 0 bridgehead atoms. The standard InChI is InChI=1S/C14H27NO6S2/c1-22-7-5-3-2-4-6-10(15-20)23-14-13(19)12(18)11(17)9(8-16)21-14/h9,11-14,16-20H,2-8H2,1H3/b15-10+. The third kappa shape index (κ3) is 6.77. The van der Waals surface area contributed by atoms with E-state index in [0.717, 1.165) is 43.2 Å². The zero-order chi connectivity index (χ0) is 17.2. The van der Waals surface area contributed by atoms with E-state index in [1.807, 2.05) is 11.8 Å². The highest BCUT2D eigenvalue weighted by Crippen LogP contribution is 2.30. The van der Waals surface area contributed by atoms with Gasteiger partial charge in [-0.25, -0.2) is 0 Å². The summed E-state index contributed by atoms with van der Waals surface area (Å²) >= 11 is 2.83. The lowest BCUT2D eigenvalue weighted by molar-refractivity contribution is -0.205. The number of nitrogens with zero attached hydrogens (tertiary/aromatic N) is 1. The number of aliphatic hydroxyl groups is 4. The number of hydrogen-bond donors (Lipinski definition) is 5. The fourth-order valence-corrected chi connectivity index (χ4v) is 3.88. The van der Waals surface area contributed by atoms with E-state index in [1.165, 1.54) is 0 Å². The van der Waals surface area contributed by atoms with Gasteiger partial charge in [-0.3, -0.25) is 0 Å². The first kappa shape index (κ1) is 21.0. The third-order valence-electron chi connectivity index (χ3n) is 3.70. The van der Waals surface area contributed by atoms with Gasteiger partial charge in [-0.1, -0.05) is 29.8 Å². The van der Waals surface area contributed by atoms with Crippen LogP contribution < -0.4 is 0 Å². The second-order valence-electron chi connectivity index (χ2n) is 5.47. The van der Waals surface area contributed by atoms with Gasteiger partial charge in [0.2, 0.25) is 0 Å². The SMILES string of the molecule is CSCCCCCC/C(=N\O)SC1OC(CO)C(O)C(O)C1O. The smallest absolute Gasteiger partial charge is 0.138 e. The van der Waals surface area contributed by atoms with Crippen molar-refractivity contribution in [2.75, 3.05) is 18.6 Å². The summed E-state index contributed by atoms with van der Waals surface area (Å²) in [6, 6.07) is 0. The maximum absolute atomic E-state index is 9.96. The maximum Gasteiger partial charge on any atom is 0.138 e. The molecule has 0 aliphatic carbocycles. The van der Waals surface area contributed by atoms with E-state index in [4.69, 9.17) is 15.1 Å². The lowest BCUT2D eigenvalue weighted by atomic mass is 10.0. The molecular formula is C14H27NO6S2. The van der Waals surface area contributed by atoms with Crippen LogP contribution >= 0.6 is 23.5 Å². The van der Waals surface area contributed by atoms with E-state index in [1.54, 1.807) is 0 Å². The van der Waals surface area contributed by atoms with Crippen LogP contribution in [-0.2, 0) is 4.74 Å². The van der Waals surface area contributed by atoms with Crippen LogP contribution in [0.15, 0.2) is 5.16 Å². The fraction of sp³-hybridized carbons (Fsp3) is 0.929. The molecular weight excluding hydrogens is 342 g/mol. The Morgan fingerprint density at radius 2 is 1.74 bits per heavy atom. The minimum absolute atomic E-state index is 0.402. The molecule has 1 rings (SSSR count). The monoisotopic (exact) mass is 369 g/mol. The Bertz CT molecular complexity index is 358. The van der Waals surface area contributed by atoms with Gasteiger partial charge in [0.25, 0.3) is 0 Å². The molecule has 1 saturated heterocycles. The Hall–Kier alpha value is -0.0300. The average Bonchev–Trinajstić information content (AvgIpc) is 2.56. The summed E-state index contributed by atoms with van der Waals surface area (Å²) in [5.41, 5.74) is -0.895. The minimum atomic E-state index is -1.41. The summed E-state index contributed by atoms with van der Waals surface area (Å²) in [5.74, 6) is 1.14. The second kappa shape index (κ2) is 11.5. The molecule has 5 unspecified atom stereocenters. The number of hydrogen-bond acceptors (Lipinski definition) is 9. The Morgan fingerprint density at radius 3 is 2.35 bits per heavy atom. The van der Waals surface area contributed by atoms with Gasteiger partial charge >= 0.3 is 0 Å². The fourth-order valence-electron chi connectivity index (χ4n) is 2.31. The minimum Gasteiger partial charge on any atom is -0.410 e. The number of ether oxygens (including phenoxy) is 1. The molecule has 1 fully saturated rings. The van der Waals surface area contributed by atoms with Gasteiger partial charge in [0.05, 0.1) is 6.61 Å². The molecule has 1 aliphatic heterocycles. The molecule has 7 nitrogen and oxygen atoms in total. The summed E-state index contributed by atoms with van der Waals surface area (Å²) in [6.45, 7) is -0.469. The highest BCUT2D eigenvalue weighted by Gasteiger charge is 2.44. The van der Waals surface area contributed by atoms with Crippen LogP contribution in [0.2, 0.25) is 0 Å². The van der Waals surface area contributed by atoms with Crippen LogP contribution in [0.1, 0.15) is 32.1 Å². The summed E-state index contributed by atoms with van der Waals surface area (Å²) in [6.07, 6.45) is 1.73. The highest BCUT2D eigenvalue weighted by atomic mass is 32.2. The van der Waals surface area contributed by atoms with Gasteiger partial charge in [0.1, 0.15) is 34.9 Å². The summed E-state index contributed by atoms with van der Waals surface area (Å²) < 4.78 is 5.38. The van der Waals surface area contributed by atoms with Crippen LogP contribution in [0, 0.1) is 0 Å². The van der Waals surface area contributed by atoms with Gasteiger partial charge in [-0.15, -0.1) is 0 Å². The lowest BCUT2D eigenvalue weighted by Gasteiger charge is -2.39. The van der Waals surface area contributed by atoms with Crippen LogP contribution in [-0.4, -0.2) is 79.1 Å². The van der Waals surface area contributed by atoms with E-state index in [9.17, 15) is 15.3 Å². The van der Waals surface area contributed by atoms with E-state index in [0.29, 0.717) is 11.5 Å². The molecule has 0 amide bonds. The zero-order valence-electron chi connectivity index (χ0n) is 13.2. The second-order valence-corrected chi connectivity index (χ2v) is 7.62. The maximum atomic E-state index is 9.96. The number of aliphatic hydroxyl groups excluding tert-OH is 4. The summed E-state index contributed by atoms with van der Waals surface area (Å²) in [7, 11) is 0. The molecule has 0 aromatic rings. The van der Waals surface area contributed by atoms with E-state index < -0.39 is 36.5 Å². The Morgan fingerprint density at radius 1 is 1.04 bits per heavy atom. The first-order valence-corrected chi connectivity index (χ1v) is 9.99. The molecule has 0 saturated carbocycles. The molecule has 136 valence electrons. The van der Waals surface area contributed by atoms with Crippen LogP contribution in [0.4, 0.5) is 0 Å². The van der Waals surface area contributed by atoms with Crippen molar-refractivity contribution >= 4 is 28.6 Å². The summed E-state index contributed by atoms with van der Waals surface area (Å²) in [4.78, 5) is 0. The number of rotatable bonds is 9. The van der Waals surface area contributed by atoms with Crippen molar-refractivity contribution in [2.45, 2.75) is 62.0 Å². The first-order valence-electron chi connectivity index (χ1n) is 7.72. The third-order valence-corrected chi connectivity index (χ3v) is 5.58. The normalized spacial score (nSPS) is 32.2. The predicted molar refractivity (Wildman–Crippen MR) is 92.0 cm³/mol. The Balaban J connectivity index is 2.42. The van der Waals surface area contributed by atoms with Crippen molar-refractivity contribution < 1.29 is 30.4 Å². The molecule has 0 spiro atoms. The molecule has 0 aromatic heterocycles. The van der Waals surface area contributed by atoms with Crippen LogP contribution in [0.5, 0.6) is 0 Å². The topological polar surface area (TPSA) is 123 Å². The zero-order valence-corrected chi connectivity index (χ0v) is 14.9. The lowest BCUT2D eigenvalue weighted by Crippen LogP contribution is -2.57. The molecule has 5 N–H and O–H groups in total. The molecule has 5 atom stereocenters. The van der Waals surface area contributed by atoms with Crippen molar-refractivity contribution in [1.82, 2.24) is 0 Å². The molecule has 1 aliphatic rings. The Kier molecular flexibility index (Phi) is 10.5. The number of unbranched alkanes of at least 4 members (excludes halogenated alkanes) is 3. The molecule has 1 heterocycles. The van der Waals surface area contributed by atoms with E-state index in [2.05, 4.69) is 11.4 Å². The van der Waals surface area contributed by atoms with E-state index in [-0.39, 0.29) is 0 Å². The van der Waals surface area contributed by atoms with Gasteiger partial charge in [-0.05, 0) is 31.3 Å². The van der Waals surface area contributed by atoms with Gasteiger partial charge < -0.3 is 30.4 Å². The predicted octanol–water partition coefficient (Wildman–Crippen LogP) is 0.621. The molecule has 23 heavy (non-hydrogen) atoms. The first-order chi connectivity index (χ1) is 11.0. The average molecular weight is 370 g/mol. The van der Waals surface area contributed by atoms with Crippen LogP contribution in [0.25, 0.3) is 0 Å². The quantitative estimate of drug-likeness (QED) is 0.132. The Labute approximate surface area is 145 Å². The van der Waals surface area contributed by atoms with Crippen molar-refractivity contribution in [3.63, 3.8) is 0 Å². The van der Waals surface area contributed by atoms with Gasteiger partial charge in [0, 0.05) is 0 Å². The van der Waals surface area contributed by atoms with Crippen molar-refractivity contribution in [2.24, 2.45) is 5.16 Å². The van der Waals surface area contributed by atoms with Gasteiger partial charge in [0.15, 0.2) is 0 Å². The molecule has 0 radical (unpaired) electrons. The van der Waals surface area contributed by atoms with Crippen molar-refractivity contribution in [3.05, 3.63) is 0 Å². The van der Waals surface area contributed by atoms with Gasteiger partial charge in [-0.2, -0.15) is 11.8 Å². The number of oxime groups is 1. The highest BCUT2D eigenvalue weighted by molar-refractivity contribution is 8.14. The van der Waals surface area contributed by atoms with Crippen molar-refractivity contribution in [1.29, 1.82) is 0 Å².